The van der Waals surface area contributed by atoms with Gasteiger partial charge in [0.05, 0.1) is 16.4 Å². The molecule has 2 heterocycles. The third-order valence-electron chi connectivity index (χ3n) is 4.76. The molecule has 3 nitrogen and oxygen atoms in total. The molecule has 1 aliphatic rings. The van der Waals surface area contributed by atoms with Crippen molar-refractivity contribution in [3.8, 4) is 16.9 Å². The highest BCUT2D eigenvalue weighted by atomic mass is 35.5. The second-order valence-electron chi connectivity index (χ2n) is 6.94. The zero-order valence-electron chi connectivity index (χ0n) is 14.9. The molecule has 4 rings (SSSR count). The molecule has 0 bridgehead atoms. The number of nitrogens with one attached hydrogen (secondary N) is 1. The predicted octanol–water partition coefficient (Wildman–Crippen LogP) is 6.21. The number of benzene rings is 2. The van der Waals surface area contributed by atoms with E-state index in [2.05, 4.69) is 37.4 Å². The molecule has 5 heteroatoms. The van der Waals surface area contributed by atoms with Crippen LogP contribution in [0.2, 0.25) is 10.0 Å². The number of aromatic nitrogens is 2. The van der Waals surface area contributed by atoms with Crippen molar-refractivity contribution in [2.75, 3.05) is 11.9 Å². The lowest BCUT2D eigenvalue weighted by Gasteiger charge is -2.11. The first kappa shape index (κ1) is 17.4. The number of halogens is 2. The van der Waals surface area contributed by atoms with Crippen molar-refractivity contribution in [3.63, 3.8) is 0 Å². The fourth-order valence-electron chi connectivity index (χ4n) is 3.67. The summed E-state index contributed by atoms with van der Waals surface area (Å²) in [5.41, 5.74) is 6.72. The number of hydrogen-bond donors (Lipinski definition) is 1. The smallest absolute Gasteiger partial charge is 0.133 e. The fourth-order valence-corrected chi connectivity index (χ4v) is 4.03. The van der Waals surface area contributed by atoms with Crippen molar-refractivity contribution in [2.45, 2.75) is 33.1 Å². The summed E-state index contributed by atoms with van der Waals surface area (Å²) in [6.45, 7) is 5.18. The average molecular weight is 386 g/mol. The van der Waals surface area contributed by atoms with Crippen LogP contribution in [0.5, 0.6) is 0 Å². The first-order valence-corrected chi connectivity index (χ1v) is 9.68. The molecule has 0 aliphatic carbocycles. The Hall–Kier alpha value is -1.97. The molecule has 134 valence electrons. The summed E-state index contributed by atoms with van der Waals surface area (Å²) in [6, 6.07) is 12.1. The molecule has 26 heavy (non-hydrogen) atoms. The Morgan fingerprint density at radius 3 is 2.54 bits per heavy atom. The van der Waals surface area contributed by atoms with E-state index in [1.54, 1.807) is 6.07 Å². The standard InChI is InChI=1S/C21H21Cl2N3/c1-13-9-14(2)11-15(10-13)20-17-5-3-4-8-24-21(17)26(25-20)19-12-16(22)6-7-18(19)23/h6-7,9-12,24H,3-5,8H2,1-2H3. The van der Waals surface area contributed by atoms with Crippen molar-refractivity contribution in [1.29, 1.82) is 0 Å². The van der Waals surface area contributed by atoms with Crippen LogP contribution in [0.25, 0.3) is 16.9 Å². The van der Waals surface area contributed by atoms with Gasteiger partial charge in [-0.25, -0.2) is 4.68 Å². The van der Waals surface area contributed by atoms with Gasteiger partial charge >= 0.3 is 0 Å². The van der Waals surface area contributed by atoms with Crippen molar-refractivity contribution >= 4 is 29.0 Å². The van der Waals surface area contributed by atoms with Gasteiger partial charge in [-0.2, -0.15) is 5.10 Å². The van der Waals surface area contributed by atoms with Gasteiger partial charge in [-0.05, 0) is 63.4 Å². The highest BCUT2D eigenvalue weighted by Crippen LogP contribution is 2.36. The van der Waals surface area contributed by atoms with Gasteiger partial charge in [-0.15, -0.1) is 0 Å². The minimum absolute atomic E-state index is 0.637. The van der Waals surface area contributed by atoms with E-state index in [0.717, 1.165) is 48.6 Å². The van der Waals surface area contributed by atoms with Crippen molar-refractivity contribution in [3.05, 3.63) is 63.1 Å². The lowest BCUT2D eigenvalue weighted by molar-refractivity contribution is 0.780. The van der Waals surface area contributed by atoms with Crippen LogP contribution in [0.1, 0.15) is 29.5 Å². The summed E-state index contributed by atoms with van der Waals surface area (Å²) < 4.78 is 1.92. The van der Waals surface area contributed by atoms with Gasteiger partial charge in [0.15, 0.2) is 0 Å². The molecule has 0 atom stereocenters. The number of fused-ring (bicyclic) bond motifs is 1. The Balaban J connectivity index is 1.96. The highest BCUT2D eigenvalue weighted by Gasteiger charge is 2.23. The SMILES string of the molecule is Cc1cc(C)cc(-c2nn(-c3cc(Cl)ccc3Cl)c3c2CCCCN3)c1. The number of anilines is 1. The molecule has 0 radical (unpaired) electrons. The first-order valence-electron chi connectivity index (χ1n) is 8.93. The molecule has 0 amide bonds. The Bertz CT molecular complexity index is 955. The molecule has 0 fully saturated rings. The van der Waals surface area contributed by atoms with Crippen molar-refractivity contribution in [1.82, 2.24) is 9.78 Å². The molecule has 0 unspecified atom stereocenters. The topological polar surface area (TPSA) is 29.9 Å². The number of hydrogen-bond acceptors (Lipinski definition) is 2. The van der Waals surface area contributed by atoms with Crippen LogP contribution in [-0.2, 0) is 6.42 Å². The summed E-state index contributed by atoms with van der Waals surface area (Å²) in [5, 5.41) is 9.81. The molecule has 1 N–H and O–H groups in total. The fraction of sp³-hybridized carbons (Fsp3) is 0.286. The summed E-state index contributed by atoms with van der Waals surface area (Å²) in [5.74, 6) is 1.03. The Labute approximate surface area is 163 Å². The van der Waals surface area contributed by atoms with E-state index in [9.17, 15) is 0 Å². The van der Waals surface area contributed by atoms with Gasteiger partial charge in [0, 0.05) is 22.7 Å². The van der Waals surface area contributed by atoms with Gasteiger partial charge in [0.2, 0.25) is 0 Å². The normalized spacial score (nSPS) is 13.8. The lowest BCUT2D eigenvalue weighted by Crippen LogP contribution is -2.07. The zero-order chi connectivity index (χ0) is 18.3. The number of aryl methyl sites for hydroxylation is 2. The monoisotopic (exact) mass is 385 g/mol. The molecule has 1 aliphatic heterocycles. The van der Waals surface area contributed by atoms with Crippen LogP contribution in [0.15, 0.2) is 36.4 Å². The molecule has 1 aromatic heterocycles. The van der Waals surface area contributed by atoms with E-state index in [0.29, 0.717) is 10.0 Å². The summed E-state index contributed by atoms with van der Waals surface area (Å²) in [7, 11) is 0. The van der Waals surface area contributed by atoms with Crippen LogP contribution in [0, 0.1) is 13.8 Å². The van der Waals surface area contributed by atoms with Crippen LogP contribution < -0.4 is 5.32 Å². The predicted molar refractivity (Wildman–Crippen MR) is 110 cm³/mol. The van der Waals surface area contributed by atoms with Crippen LogP contribution in [0.3, 0.4) is 0 Å². The Morgan fingerprint density at radius 1 is 1.00 bits per heavy atom. The molecule has 0 spiro atoms. The third-order valence-corrected chi connectivity index (χ3v) is 5.32. The molecular formula is C21H21Cl2N3. The number of rotatable bonds is 2. The zero-order valence-corrected chi connectivity index (χ0v) is 16.5. The second-order valence-corrected chi connectivity index (χ2v) is 7.79. The van der Waals surface area contributed by atoms with E-state index in [1.807, 2.05) is 16.8 Å². The highest BCUT2D eigenvalue weighted by molar-refractivity contribution is 6.34. The lowest BCUT2D eigenvalue weighted by atomic mass is 10.00. The van der Waals surface area contributed by atoms with E-state index >= 15 is 0 Å². The maximum Gasteiger partial charge on any atom is 0.133 e. The molecule has 3 aromatic rings. The molecule has 0 saturated heterocycles. The minimum atomic E-state index is 0.637. The Kier molecular flexibility index (Phi) is 4.68. The maximum absolute atomic E-state index is 6.47. The Morgan fingerprint density at radius 2 is 1.77 bits per heavy atom. The minimum Gasteiger partial charge on any atom is -0.370 e. The van der Waals surface area contributed by atoms with Gasteiger partial charge in [-0.3, -0.25) is 0 Å². The maximum atomic E-state index is 6.47. The van der Waals surface area contributed by atoms with Crippen molar-refractivity contribution in [2.24, 2.45) is 0 Å². The van der Waals surface area contributed by atoms with E-state index in [-0.39, 0.29) is 0 Å². The summed E-state index contributed by atoms with van der Waals surface area (Å²) in [6.07, 6.45) is 3.29. The number of nitrogens with zero attached hydrogens (tertiary/aromatic N) is 2. The van der Waals surface area contributed by atoms with Gasteiger partial charge in [0.1, 0.15) is 5.82 Å². The van der Waals surface area contributed by atoms with E-state index in [4.69, 9.17) is 28.3 Å². The average Bonchev–Trinajstić information content (AvgIpc) is 2.78. The second kappa shape index (κ2) is 6.98. The van der Waals surface area contributed by atoms with Gasteiger partial charge in [-0.1, -0.05) is 40.4 Å². The molecular weight excluding hydrogens is 365 g/mol. The first-order chi connectivity index (χ1) is 12.5. The van der Waals surface area contributed by atoms with Gasteiger partial charge < -0.3 is 5.32 Å². The summed E-state index contributed by atoms with van der Waals surface area (Å²) in [4.78, 5) is 0. The van der Waals surface area contributed by atoms with Crippen LogP contribution in [-0.4, -0.2) is 16.3 Å². The summed E-state index contributed by atoms with van der Waals surface area (Å²) >= 11 is 12.7. The van der Waals surface area contributed by atoms with Crippen LogP contribution >= 0.6 is 23.2 Å². The third kappa shape index (κ3) is 3.22. The van der Waals surface area contributed by atoms with Gasteiger partial charge in [0.25, 0.3) is 0 Å². The molecule has 0 saturated carbocycles. The van der Waals surface area contributed by atoms with Crippen molar-refractivity contribution < 1.29 is 0 Å². The van der Waals surface area contributed by atoms with E-state index < -0.39 is 0 Å². The van der Waals surface area contributed by atoms with Crippen LogP contribution in [0.4, 0.5) is 5.82 Å². The van der Waals surface area contributed by atoms with E-state index in [1.165, 1.54) is 16.7 Å². The molecule has 2 aromatic carbocycles. The largest absolute Gasteiger partial charge is 0.370 e. The quantitative estimate of drug-likeness (QED) is 0.567.